The summed E-state index contributed by atoms with van der Waals surface area (Å²) in [5.74, 6) is -0.472. The molecular weight excluding hydrogens is 312 g/mol. The van der Waals surface area contributed by atoms with Crippen LogP contribution in [-0.4, -0.2) is 6.09 Å². The summed E-state index contributed by atoms with van der Waals surface area (Å²) in [6.45, 7) is 0. The Balaban J connectivity index is 1.96. The molecule has 0 saturated heterocycles. The molecule has 0 atom stereocenters. The molecule has 3 aromatic carbocycles. The predicted octanol–water partition coefficient (Wildman–Crippen LogP) is 5.30. The van der Waals surface area contributed by atoms with Crippen molar-refractivity contribution in [1.29, 1.82) is 0 Å². The summed E-state index contributed by atoms with van der Waals surface area (Å²) >= 11 is 0. The molecule has 0 aliphatic carbocycles. The lowest BCUT2D eigenvalue weighted by Gasteiger charge is -2.22. The SMILES string of the molecule is O=C(Oc1ccccc1)N(c1ccc(F)cc1)c1ccc(F)cc1. The number of hydrogen-bond donors (Lipinski definition) is 0. The summed E-state index contributed by atoms with van der Waals surface area (Å²) in [4.78, 5) is 13.8. The van der Waals surface area contributed by atoms with Gasteiger partial charge in [-0.25, -0.2) is 18.5 Å². The van der Waals surface area contributed by atoms with Gasteiger partial charge < -0.3 is 4.74 Å². The number of nitrogens with zero attached hydrogens (tertiary/aromatic N) is 1. The first-order valence-corrected chi connectivity index (χ1v) is 7.21. The maximum Gasteiger partial charge on any atom is 0.424 e. The van der Waals surface area contributed by atoms with E-state index in [1.54, 1.807) is 30.3 Å². The van der Waals surface area contributed by atoms with Crippen molar-refractivity contribution in [3.8, 4) is 5.75 Å². The molecule has 0 bridgehead atoms. The smallest absolute Gasteiger partial charge is 0.410 e. The van der Waals surface area contributed by atoms with Crippen molar-refractivity contribution in [2.45, 2.75) is 0 Å². The second-order valence-electron chi connectivity index (χ2n) is 4.97. The second kappa shape index (κ2) is 6.91. The van der Waals surface area contributed by atoms with Crippen molar-refractivity contribution in [3.05, 3.63) is 90.5 Å². The maximum absolute atomic E-state index is 13.2. The predicted molar refractivity (Wildman–Crippen MR) is 87.4 cm³/mol. The van der Waals surface area contributed by atoms with Gasteiger partial charge in [-0.3, -0.25) is 0 Å². The van der Waals surface area contributed by atoms with Crippen LogP contribution < -0.4 is 9.64 Å². The Bertz CT molecular complexity index is 773. The molecule has 0 aliphatic heterocycles. The van der Waals surface area contributed by atoms with E-state index in [1.165, 1.54) is 53.4 Å². The first-order chi connectivity index (χ1) is 11.6. The highest BCUT2D eigenvalue weighted by Gasteiger charge is 2.20. The number of carbonyl (C=O) groups excluding carboxylic acids is 1. The molecule has 0 unspecified atom stereocenters. The van der Waals surface area contributed by atoms with Crippen molar-refractivity contribution in [3.63, 3.8) is 0 Å². The summed E-state index contributed by atoms with van der Waals surface area (Å²) in [5, 5.41) is 0. The number of carbonyl (C=O) groups is 1. The second-order valence-corrected chi connectivity index (χ2v) is 4.97. The normalized spacial score (nSPS) is 10.2. The van der Waals surface area contributed by atoms with Gasteiger partial charge in [0, 0.05) is 0 Å². The third kappa shape index (κ3) is 3.57. The number of amides is 1. The summed E-state index contributed by atoms with van der Waals surface area (Å²) in [5.41, 5.74) is 0.813. The Labute approximate surface area is 137 Å². The first kappa shape index (κ1) is 15.7. The molecule has 0 saturated carbocycles. The van der Waals surface area contributed by atoms with Gasteiger partial charge in [0.1, 0.15) is 17.4 Å². The fourth-order valence-electron chi connectivity index (χ4n) is 2.18. The molecule has 0 aromatic heterocycles. The van der Waals surface area contributed by atoms with Crippen LogP contribution in [0.4, 0.5) is 25.0 Å². The minimum atomic E-state index is -0.681. The van der Waals surface area contributed by atoms with Gasteiger partial charge in [-0.2, -0.15) is 0 Å². The van der Waals surface area contributed by atoms with Gasteiger partial charge >= 0.3 is 6.09 Å². The molecule has 3 rings (SSSR count). The zero-order valence-electron chi connectivity index (χ0n) is 12.5. The van der Waals surface area contributed by atoms with E-state index in [1.807, 2.05) is 0 Å². The van der Waals surface area contributed by atoms with E-state index in [0.29, 0.717) is 17.1 Å². The molecule has 0 heterocycles. The molecule has 5 heteroatoms. The lowest BCUT2D eigenvalue weighted by molar-refractivity contribution is 0.210. The monoisotopic (exact) mass is 325 g/mol. The number of benzene rings is 3. The molecule has 0 spiro atoms. The molecule has 3 nitrogen and oxygen atoms in total. The average Bonchev–Trinajstić information content (AvgIpc) is 2.59. The largest absolute Gasteiger partial charge is 0.424 e. The Morgan fingerprint density at radius 1 is 0.708 bits per heavy atom. The Hall–Kier alpha value is -3.21. The van der Waals surface area contributed by atoms with Gasteiger partial charge in [0.25, 0.3) is 0 Å². The standard InChI is InChI=1S/C19H13F2NO2/c20-14-6-10-16(11-7-14)22(17-12-8-15(21)9-13-17)19(23)24-18-4-2-1-3-5-18/h1-13H. The maximum atomic E-state index is 13.2. The molecule has 0 aliphatic rings. The minimum absolute atomic E-state index is 0.372. The van der Waals surface area contributed by atoms with E-state index < -0.39 is 17.7 Å². The molecule has 0 radical (unpaired) electrons. The van der Waals surface area contributed by atoms with Gasteiger partial charge in [0.15, 0.2) is 0 Å². The number of rotatable bonds is 3. The van der Waals surface area contributed by atoms with Crippen LogP contribution in [0.15, 0.2) is 78.9 Å². The zero-order chi connectivity index (χ0) is 16.9. The quantitative estimate of drug-likeness (QED) is 0.654. The van der Waals surface area contributed by atoms with Crippen LogP contribution in [0.2, 0.25) is 0 Å². The van der Waals surface area contributed by atoms with Crippen molar-refractivity contribution < 1.29 is 18.3 Å². The van der Waals surface area contributed by atoms with Gasteiger partial charge in [0.05, 0.1) is 11.4 Å². The van der Waals surface area contributed by atoms with Crippen LogP contribution in [0.3, 0.4) is 0 Å². The van der Waals surface area contributed by atoms with Crippen LogP contribution in [0.5, 0.6) is 5.75 Å². The third-order valence-corrected chi connectivity index (χ3v) is 3.30. The van der Waals surface area contributed by atoms with Crippen LogP contribution in [0, 0.1) is 11.6 Å². The van der Waals surface area contributed by atoms with E-state index in [2.05, 4.69) is 0 Å². The molecule has 3 aromatic rings. The highest BCUT2D eigenvalue weighted by atomic mass is 19.1. The van der Waals surface area contributed by atoms with E-state index in [9.17, 15) is 13.6 Å². The number of ether oxygens (including phenoxy) is 1. The van der Waals surface area contributed by atoms with Crippen molar-refractivity contribution in [2.75, 3.05) is 4.90 Å². The fourth-order valence-corrected chi connectivity index (χ4v) is 2.18. The molecule has 24 heavy (non-hydrogen) atoms. The average molecular weight is 325 g/mol. The fraction of sp³-hybridized carbons (Fsp3) is 0. The lowest BCUT2D eigenvalue weighted by Crippen LogP contribution is -2.29. The number of hydrogen-bond acceptors (Lipinski definition) is 2. The lowest BCUT2D eigenvalue weighted by atomic mass is 10.2. The van der Waals surface area contributed by atoms with Crippen LogP contribution >= 0.6 is 0 Å². The van der Waals surface area contributed by atoms with Crippen LogP contribution in [0.1, 0.15) is 0 Å². The van der Waals surface area contributed by atoms with Gasteiger partial charge in [-0.1, -0.05) is 18.2 Å². The number of halogens is 2. The summed E-state index contributed by atoms with van der Waals surface area (Å²) in [7, 11) is 0. The Kier molecular flexibility index (Phi) is 4.52. The molecule has 120 valence electrons. The van der Waals surface area contributed by atoms with E-state index in [-0.39, 0.29) is 0 Å². The topological polar surface area (TPSA) is 29.5 Å². The van der Waals surface area contributed by atoms with Gasteiger partial charge in [-0.15, -0.1) is 0 Å². The summed E-state index contributed by atoms with van der Waals surface area (Å²) < 4.78 is 31.7. The number of para-hydroxylation sites is 1. The first-order valence-electron chi connectivity index (χ1n) is 7.21. The minimum Gasteiger partial charge on any atom is -0.410 e. The van der Waals surface area contributed by atoms with Crippen molar-refractivity contribution >= 4 is 17.5 Å². The van der Waals surface area contributed by atoms with Crippen LogP contribution in [-0.2, 0) is 0 Å². The van der Waals surface area contributed by atoms with Gasteiger partial charge in [0.2, 0.25) is 0 Å². The molecular formula is C19H13F2NO2. The van der Waals surface area contributed by atoms with E-state index >= 15 is 0 Å². The molecule has 1 amide bonds. The summed E-state index contributed by atoms with van der Waals surface area (Å²) in [6.07, 6.45) is -0.681. The van der Waals surface area contributed by atoms with Gasteiger partial charge in [-0.05, 0) is 60.7 Å². The zero-order valence-corrected chi connectivity index (χ0v) is 12.5. The molecule has 0 fully saturated rings. The molecule has 0 N–H and O–H groups in total. The Morgan fingerprint density at radius 2 is 1.17 bits per heavy atom. The highest BCUT2D eigenvalue weighted by molar-refractivity contribution is 5.97. The van der Waals surface area contributed by atoms with Crippen molar-refractivity contribution in [2.24, 2.45) is 0 Å². The third-order valence-electron chi connectivity index (χ3n) is 3.30. The number of anilines is 2. The summed E-state index contributed by atoms with van der Waals surface area (Å²) in [6, 6.07) is 19.3. The van der Waals surface area contributed by atoms with Crippen LogP contribution in [0.25, 0.3) is 0 Å². The Morgan fingerprint density at radius 3 is 1.62 bits per heavy atom. The van der Waals surface area contributed by atoms with E-state index in [0.717, 1.165) is 0 Å². The van der Waals surface area contributed by atoms with E-state index in [4.69, 9.17) is 4.74 Å². The van der Waals surface area contributed by atoms with Crippen molar-refractivity contribution in [1.82, 2.24) is 0 Å². The highest BCUT2D eigenvalue weighted by Crippen LogP contribution is 2.27.